The van der Waals surface area contributed by atoms with Crippen molar-refractivity contribution in [2.24, 2.45) is 0 Å². The first kappa shape index (κ1) is 20.4. The standard InChI is InChI=1S/C18H12F6N4S2/c19-29-28-11-26-16-8-3-12(10-17(16)28)15-2-1-9-25-18(15)27-13-4-6-14(7-5-13)30(20,21,22,23)24/h1-11H,(H,25,27). The number of halogens is 6. The van der Waals surface area contributed by atoms with E-state index in [-0.39, 0.29) is 23.8 Å². The van der Waals surface area contributed by atoms with Gasteiger partial charge < -0.3 is 5.32 Å². The number of rotatable bonds is 5. The molecule has 0 aliphatic rings. The Morgan fingerprint density at radius 1 is 0.900 bits per heavy atom. The van der Waals surface area contributed by atoms with E-state index in [1.165, 1.54) is 16.5 Å². The van der Waals surface area contributed by atoms with E-state index in [9.17, 15) is 23.3 Å². The highest BCUT2D eigenvalue weighted by Crippen LogP contribution is 3.02. The predicted octanol–water partition coefficient (Wildman–Crippen LogP) is 7.88. The van der Waals surface area contributed by atoms with Gasteiger partial charge in [0.05, 0.1) is 11.0 Å². The van der Waals surface area contributed by atoms with Crippen LogP contribution in [0.15, 0.2) is 72.0 Å². The molecule has 0 radical (unpaired) electrons. The van der Waals surface area contributed by atoms with Gasteiger partial charge in [-0.2, -0.15) is 0 Å². The summed E-state index contributed by atoms with van der Waals surface area (Å²) in [6.45, 7) is 0. The zero-order chi connectivity index (χ0) is 21.6. The van der Waals surface area contributed by atoms with E-state index in [2.05, 4.69) is 15.3 Å². The normalized spacial score (nSPS) is 14.3. The molecule has 1 N–H and O–H groups in total. The van der Waals surface area contributed by atoms with Crippen LogP contribution >= 0.6 is 22.6 Å². The van der Waals surface area contributed by atoms with Crippen LogP contribution in [-0.2, 0) is 0 Å². The first-order chi connectivity index (χ1) is 13.9. The van der Waals surface area contributed by atoms with Crippen LogP contribution in [0.25, 0.3) is 22.2 Å². The maximum absolute atomic E-state index is 13.0. The molecule has 0 saturated heterocycles. The number of pyridine rings is 1. The molecule has 2 aromatic heterocycles. The molecule has 4 rings (SSSR count). The lowest BCUT2D eigenvalue weighted by Gasteiger charge is -2.40. The van der Waals surface area contributed by atoms with Crippen LogP contribution in [0.2, 0.25) is 0 Å². The highest BCUT2D eigenvalue weighted by molar-refractivity contribution is 8.45. The number of benzene rings is 2. The summed E-state index contributed by atoms with van der Waals surface area (Å²) in [4.78, 5) is 6.29. The number of imidazole rings is 1. The van der Waals surface area contributed by atoms with Gasteiger partial charge >= 0.3 is 10.2 Å². The molecule has 0 unspecified atom stereocenters. The van der Waals surface area contributed by atoms with Crippen LogP contribution in [-0.4, -0.2) is 13.9 Å². The molecule has 4 aromatic rings. The molecule has 0 spiro atoms. The SMILES string of the molecule is FSn1cnc2ccc(-c3cccnc3Nc3ccc(S(F)(F)(F)(F)F)cc3)cc21. The largest absolute Gasteiger partial charge is 0.340 e. The number of nitrogens with zero attached hydrogens (tertiary/aromatic N) is 3. The van der Waals surface area contributed by atoms with Gasteiger partial charge in [0.2, 0.25) is 0 Å². The Morgan fingerprint density at radius 3 is 2.30 bits per heavy atom. The van der Waals surface area contributed by atoms with Gasteiger partial charge in [-0.05, 0) is 54.1 Å². The number of fused-ring (bicyclic) bond motifs is 1. The second-order valence-electron chi connectivity index (χ2n) is 6.36. The molecule has 30 heavy (non-hydrogen) atoms. The molecular formula is C18H12F6N4S2. The summed E-state index contributed by atoms with van der Waals surface area (Å²) in [7, 11) is -9.73. The van der Waals surface area contributed by atoms with Crippen molar-refractivity contribution >= 4 is 45.1 Å². The first-order valence-corrected chi connectivity index (χ1v) is 10.9. The fourth-order valence-corrected chi connectivity index (χ4v) is 3.83. The molecule has 4 nitrogen and oxygen atoms in total. The molecule has 0 saturated carbocycles. The Labute approximate surface area is 171 Å². The van der Waals surface area contributed by atoms with Crippen molar-refractivity contribution in [3.63, 3.8) is 0 Å². The van der Waals surface area contributed by atoms with Crippen LogP contribution in [0.4, 0.5) is 34.8 Å². The molecule has 0 aliphatic heterocycles. The maximum Gasteiger partial charge on any atom is 0.310 e. The summed E-state index contributed by atoms with van der Waals surface area (Å²) in [6.07, 6.45) is 2.80. The van der Waals surface area contributed by atoms with Gasteiger partial charge in [0.1, 0.15) is 17.0 Å². The molecular weight excluding hydrogens is 450 g/mol. The lowest BCUT2D eigenvalue weighted by Crippen LogP contribution is -2.06. The highest BCUT2D eigenvalue weighted by Gasteiger charge is 2.65. The topological polar surface area (TPSA) is 42.7 Å². The van der Waals surface area contributed by atoms with Crippen LogP contribution in [0, 0.1) is 0 Å². The quantitative estimate of drug-likeness (QED) is 0.306. The minimum atomic E-state index is -9.73. The van der Waals surface area contributed by atoms with E-state index >= 15 is 0 Å². The summed E-state index contributed by atoms with van der Waals surface area (Å²) in [5, 5.41) is 2.83. The summed E-state index contributed by atoms with van der Waals surface area (Å²) in [5.74, 6) is 0.288. The molecule has 158 valence electrons. The number of anilines is 2. The van der Waals surface area contributed by atoms with Crippen LogP contribution in [0.3, 0.4) is 0 Å². The lowest BCUT2D eigenvalue weighted by molar-refractivity contribution is 0.364. The number of hydrogen-bond donors (Lipinski definition) is 1. The van der Waals surface area contributed by atoms with Crippen LogP contribution < -0.4 is 5.32 Å². The van der Waals surface area contributed by atoms with Crippen molar-refractivity contribution in [3.8, 4) is 11.1 Å². The molecule has 0 fully saturated rings. The molecule has 0 aliphatic carbocycles. The van der Waals surface area contributed by atoms with Crippen molar-refractivity contribution in [1.82, 2.24) is 13.9 Å². The number of aromatic nitrogens is 3. The Kier molecular flexibility index (Phi) is 4.30. The Hall–Kier alpha value is -2.86. The van der Waals surface area contributed by atoms with Crippen LogP contribution in [0.1, 0.15) is 0 Å². The van der Waals surface area contributed by atoms with E-state index in [0.717, 1.165) is 12.1 Å². The molecule has 12 heteroatoms. The summed E-state index contributed by atoms with van der Waals surface area (Å²) in [6, 6.07) is 11.0. The molecule has 2 heterocycles. The van der Waals surface area contributed by atoms with Gasteiger partial charge in [0, 0.05) is 17.4 Å². The van der Waals surface area contributed by atoms with E-state index < -0.39 is 15.1 Å². The minimum Gasteiger partial charge on any atom is -0.340 e. The summed E-state index contributed by atoms with van der Waals surface area (Å²) in [5.41, 5.74) is 2.47. The molecule has 0 amide bonds. The third-order valence-electron chi connectivity index (χ3n) is 4.27. The predicted molar refractivity (Wildman–Crippen MR) is 108 cm³/mol. The van der Waals surface area contributed by atoms with Crippen molar-refractivity contribution in [2.75, 3.05) is 5.32 Å². The minimum absolute atomic E-state index is 0.00918. The van der Waals surface area contributed by atoms with Gasteiger partial charge in [-0.15, -0.1) is 3.89 Å². The van der Waals surface area contributed by atoms with E-state index in [4.69, 9.17) is 0 Å². The zero-order valence-corrected chi connectivity index (χ0v) is 16.4. The fraction of sp³-hybridized carbons (Fsp3) is 0. The van der Waals surface area contributed by atoms with Gasteiger partial charge in [-0.3, -0.25) is 0 Å². The van der Waals surface area contributed by atoms with Crippen molar-refractivity contribution in [3.05, 3.63) is 67.1 Å². The second-order valence-corrected chi connectivity index (χ2v) is 9.30. The van der Waals surface area contributed by atoms with Gasteiger partial charge in [-0.25, -0.2) is 13.9 Å². The van der Waals surface area contributed by atoms with Crippen molar-refractivity contribution < 1.29 is 23.3 Å². The third-order valence-corrected chi connectivity index (χ3v) is 5.87. The molecule has 2 aromatic carbocycles. The average molecular weight is 462 g/mol. The Morgan fingerprint density at radius 2 is 1.63 bits per heavy atom. The van der Waals surface area contributed by atoms with Crippen molar-refractivity contribution in [2.45, 2.75) is 4.90 Å². The summed E-state index contributed by atoms with van der Waals surface area (Å²) >= 11 is -0.00918. The Balaban J connectivity index is 1.70. The van der Waals surface area contributed by atoms with E-state index in [1.54, 1.807) is 30.3 Å². The lowest BCUT2D eigenvalue weighted by atomic mass is 10.1. The monoisotopic (exact) mass is 462 g/mol. The second kappa shape index (κ2) is 6.32. The number of hydrogen-bond acceptors (Lipinski definition) is 4. The Bertz CT molecular complexity index is 1240. The zero-order valence-electron chi connectivity index (χ0n) is 14.8. The molecule has 0 bridgehead atoms. The van der Waals surface area contributed by atoms with E-state index in [0.29, 0.717) is 34.3 Å². The average Bonchev–Trinajstić information content (AvgIpc) is 3.09. The van der Waals surface area contributed by atoms with Gasteiger partial charge in [0.15, 0.2) is 12.3 Å². The smallest absolute Gasteiger partial charge is 0.310 e. The summed E-state index contributed by atoms with van der Waals surface area (Å²) < 4.78 is 78.7. The van der Waals surface area contributed by atoms with Crippen molar-refractivity contribution in [1.29, 1.82) is 0 Å². The first-order valence-electron chi connectivity index (χ1n) is 8.27. The van der Waals surface area contributed by atoms with Crippen LogP contribution in [0.5, 0.6) is 0 Å². The van der Waals surface area contributed by atoms with E-state index in [1.807, 2.05) is 0 Å². The maximum atomic E-state index is 13.0. The third kappa shape index (κ3) is 4.05. The highest BCUT2D eigenvalue weighted by atomic mass is 32.5. The number of nitrogens with one attached hydrogen (secondary N) is 1. The fourth-order valence-electron chi connectivity index (χ4n) is 2.88. The van der Waals surface area contributed by atoms with Gasteiger partial charge in [-0.1, -0.05) is 25.5 Å². The van der Waals surface area contributed by atoms with Gasteiger partial charge in [0.25, 0.3) is 0 Å². The molecule has 0 atom stereocenters.